The molecule has 0 saturated carbocycles. The quantitative estimate of drug-likeness (QED) is 0.711. The Hall–Kier alpha value is -1.47. The number of hydrogen-bond donors (Lipinski definition) is 2. The number of aliphatic hydroxyl groups is 1. The molecular formula is C9H12N2O4S. The minimum atomic E-state index is -1.35. The van der Waals surface area contributed by atoms with Crippen LogP contribution in [0.2, 0.25) is 0 Å². The minimum Gasteiger partial charge on any atom is -0.467 e. The van der Waals surface area contributed by atoms with E-state index in [0.29, 0.717) is 0 Å². The highest BCUT2D eigenvalue weighted by atomic mass is 32.1. The van der Waals surface area contributed by atoms with Crippen molar-refractivity contribution in [1.82, 2.24) is 10.3 Å². The molecule has 1 amide bonds. The molecule has 1 unspecified atom stereocenters. The summed E-state index contributed by atoms with van der Waals surface area (Å²) in [5, 5.41) is 14.0. The SMILES string of the molecule is COC(=O)C(O)CNC(=O)c1csc(C)n1. The topological polar surface area (TPSA) is 88.5 Å². The molecule has 0 radical (unpaired) electrons. The average molecular weight is 244 g/mol. The van der Waals surface area contributed by atoms with Crippen molar-refractivity contribution in [2.45, 2.75) is 13.0 Å². The number of aryl methyl sites for hydroxylation is 1. The molecule has 1 rings (SSSR count). The van der Waals surface area contributed by atoms with E-state index in [0.717, 1.165) is 12.1 Å². The van der Waals surface area contributed by atoms with Gasteiger partial charge in [0.1, 0.15) is 5.69 Å². The van der Waals surface area contributed by atoms with Gasteiger partial charge in [-0.1, -0.05) is 0 Å². The summed E-state index contributed by atoms with van der Waals surface area (Å²) < 4.78 is 4.30. The zero-order valence-corrected chi connectivity index (χ0v) is 9.71. The predicted octanol–water partition coefficient (Wildman–Crippen LogP) is -0.285. The van der Waals surface area contributed by atoms with Crippen LogP contribution in [0.15, 0.2) is 5.38 Å². The summed E-state index contributed by atoms with van der Waals surface area (Å²) >= 11 is 1.35. The van der Waals surface area contributed by atoms with Crippen LogP contribution in [0.1, 0.15) is 15.5 Å². The average Bonchev–Trinajstić information content (AvgIpc) is 2.71. The van der Waals surface area contributed by atoms with Gasteiger partial charge in [0, 0.05) is 5.38 Å². The van der Waals surface area contributed by atoms with Crippen molar-refractivity contribution < 1.29 is 19.4 Å². The van der Waals surface area contributed by atoms with E-state index in [1.807, 2.05) is 0 Å². The van der Waals surface area contributed by atoms with Gasteiger partial charge in [0.2, 0.25) is 0 Å². The molecule has 1 atom stereocenters. The highest BCUT2D eigenvalue weighted by Gasteiger charge is 2.17. The predicted molar refractivity (Wildman–Crippen MR) is 57.2 cm³/mol. The van der Waals surface area contributed by atoms with E-state index >= 15 is 0 Å². The number of aliphatic hydroxyl groups excluding tert-OH is 1. The molecule has 7 heteroatoms. The lowest BCUT2D eigenvalue weighted by Crippen LogP contribution is -2.37. The molecule has 0 aliphatic carbocycles. The van der Waals surface area contributed by atoms with Gasteiger partial charge in [0.15, 0.2) is 6.10 Å². The number of methoxy groups -OCH3 is 1. The first-order valence-electron chi connectivity index (χ1n) is 4.51. The van der Waals surface area contributed by atoms with E-state index < -0.39 is 18.0 Å². The largest absolute Gasteiger partial charge is 0.467 e. The summed E-state index contributed by atoms with van der Waals surface area (Å²) in [6.07, 6.45) is -1.35. The van der Waals surface area contributed by atoms with Crippen LogP contribution in [0.25, 0.3) is 0 Å². The van der Waals surface area contributed by atoms with Crippen LogP contribution in [0, 0.1) is 6.92 Å². The Bertz CT molecular complexity index is 391. The molecule has 0 aromatic carbocycles. The van der Waals surface area contributed by atoms with Crippen molar-refractivity contribution in [3.63, 3.8) is 0 Å². The highest BCUT2D eigenvalue weighted by molar-refractivity contribution is 7.09. The van der Waals surface area contributed by atoms with Gasteiger partial charge in [0.05, 0.1) is 18.7 Å². The Morgan fingerprint density at radius 3 is 2.88 bits per heavy atom. The zero-order chi connectivity index (χ0) is 12.1. The number of nitrogens with zero attached hydrogens (tertiary/aromatic N) is 1. The maximum Gasteiger partial charge on any atom is 0.336 e. The number of thiazole rings is 1. The number of ether oxygens (including phenoxy) is 1. The van der Waals surface area contributed by atoms with E-state index in [-0.39, 0.29) is 12.2 Å². The summed E-state index contributed by atoms with van der Waals surface area (Å²) in [6, 6.07) is 0. The first-order valence-corrected chi connectivity index (χ1v) is 5.38. The summed E-state index contributed by atoms with van der Waals surface area (Å²) in [5.41, 5.74) is 0.277. The van der Waals surface area contributed by atoms with Gasteiger partial charge in [-0.2, -0.15) is 0 Å². The number of hydrogen-bond acceptors (Lipinski definition) is 6. The summed E-state index contributed by atoms with van der Waals surface area (Å²) in [5.74, 6) is -1.21. The van der Waals surface area contributed by atoms with Crippen LogP contribution >= 0.6 is 11.3 Å². The molecule has 0 fully saturated rings. The first-order chi connectivity index (χ1) is 7.54. The Kier molecular flexibility index (Phi) is 4.39. The Morgan fingerprint density at radius 2 is 2.38 bits per heavy atom. The van der Waals surface area contributed by atoms with Crippen LogP contribution in [-0.2, 0) is 9.53 Å². The van der Waals surface area contributed by atoms with E-state index in [1.165, 1.54) is 11.3 Å². The van der Waals surface area contributed by atoms with Crippen molar-refractivity contribution in [2.24, 2.45) is 0 Å². The van der Waals surface area contributed by atoms with E-state index in [2.05, 4.69) is 15.0 Å². The van der Waals surface area contributed by atoms with Crippen molar-refractivity contribution in [1.29, 1.82) is 0 Å². The number of aromatic nitrogens is 1. The molecule has 0 aliphatic heterocycles. The Balaban J connectivity index is 2.44. The van der Waals surface area contributed by atoms with Crippen LogP contribution < -0.4 is 5.32 Å². The number of rotatable bonds is 4. The van der Waals surface area contributed by atoms with E-state index in [1.54, 1.807) is 12.3 Å². The minimum absolute atomic E-state index is 0.192. The summed E-state index contributed by atoms with van der Waals surface area (Å²) in [7, 11) is 1.16. The fourth-order valence-corrected chi connectivity index (χ4v) is 1.56. The second-order valence-electron chi connectivity index (χ2n) is 3.00. The van der Waals surface area contributed by atoms with Crippen molar-refractivity contribution in [3.8, 4) is 0 Å². The van der Waals surface area contributed by atoms with Crippen molar-refractivity contribution in [3.05, 3.63) is 16.1 Å². The van der Waals surface area contributed by atoms with Crippen molar-refractivity contribution >= 4 is 23.2 Å². The molecule has 0 aliphatic rings. The number of nitrogens with one attached hydrogen (secondary N) is 1. The van der Waals surface area contributed by atoms with Gasteiger partial charge in [-0.3, -0.25) is 4.79 Å². The van der Waals surface area contributed by atoms with Crippen LogP contribution in [-0.4, -0.2) is 41.7 Å². The Morgan fingerprint density at radius 1 is 1.69 bits per heavy atom. The van der Waals surface area contributed by atoms with E-state index in [4.69, 9.17) is 0 Å². The standard InChI is InChI=1S/C9H12N2O4S/c1-5-11-6(4-16-5)8(13)10-3-7(12)9(14)15-2/h4,7,12H,3H2,1-2H3,(H,10,13). The third kappa shape index (κ3) is 3.28. The van der Waals surface area contributed by atoms with Crippen LogP contribution in [0.4, 0.5) is 0 Å². The van der Waals surface area contributed by atoms with Gasteiger partial charge in [-0.15, -0.1) is 11.3 Å². The van der Waals surface area contributed by atoms with Crippen molar-refractivity contribution in [2.75, 3.05) is 13.7 Å². The molecule has 16 heavy (non-hydrogen) atoms. The fourth-order valence-electron chi connectivity index (χ4n) is 0.967. The third-order valence-corrected chi connectivity index (χ3v) is 2.55. The Labute approximate surface area is 96.3 Å². The number of carbonyl (C=O) groups is 2. The van der Waals surface area contributed by atoms with Gasteiger partial charge in [-0.25, -0.2) is 9.78 Å². The molecule has 1 aromatic rings. The molecule has 88 valence electrons. The first kappa shape index (κ1) is 12.6. The smallest absolute Gasteiger partial charge is 0.336 e. The zero-order valence-electron chi connectivity index (χ0n) is 8.89. The maximum absolute atomic E-state index is 11.4. The second-order valence-corrected chi connectivity index (χ2v) is 4.06. The van der Waals surface area contributed by atoms with Gasteiger partial charge >= 0.3 is 5.97 Å². The lowest BCUT2D eigenvalue weighted by molar-refractivity contribution is -0.149. The number of esters is 1. The normalized spacial score (nSPS) is 11.9. The molecule has 2 N–H and O–H groups in total. The molecule has 0 bridgehead atoms. The molecular weight excluding hydrogens is 232 g/mol. The van der Waals surface area contributed by atoms with Gasteiger partial charge in [0.25, 0.3) is 5.91 Å². The second kappa shape index (κ2) is 5.57. The maximum atomic E-state index is 11.4. The monoisotopic (exact) mass is 244 g/mol. The molecule has 1 heterocycles. The third-order valence-electron chi connectivity index (χ3n) is 1.78. The summed E-state index contributed by atoms with van der Waals surface area (Å²) in [4.78, 5) is 26.2. The fraction of sp³-hybridized carbons (Fsp3) is 0.444. The van der Waals surface area contributed by atoms with Gasteiger partial charge < -0.3 is 15.2 Å². The summed E-state index contributed by atoms with van der Waals surface area (Å²) in [6.45, 7) is 1.59. The molecule has 1 aromatic heterocycles. The van der Waals surface area contributed by atoms with Crippen LogP contribution in [0.5, 0.6) is 0 Å². The molecule has 0 saturated heterocycles. The van der Waals surface area contributed by atoms with Crippen LogP contribution in [0.3, 0.4) is 0 Å². The highest BCUT2D eigenvalue weighted by Crippen LogP contribution is 2.07. The molecule has 0 spiro atoms. The number of carbonyl (C=O) groups excluding carboxylic acids is 2. The lowest BCUT2D eigenvalue weighted by atomic mass is 10.3. The van der Waals surface area contributed by atoms with E-state index in [9.17, 15) is 14.7 Å². The lowest BCUT2D eigenvalue weighted by Gasteiger charge is -2.08. The van der Waals surface area contributed by atoms with Gasteiger partial charge in [-0.05, 0) is 6.92 Å². The molecule has 6 nitrogen and oxygen atoms in total. The number of amides is 1.